The third kappa shape index (κ3) is 3.69. The Morgan fingerprint density at radius 1 is 1.17 bits per heavy atom. The van der Waals surface area contributed by atoms with Gasteiger partial charge in [0.25, 0.3) is 5.56 Å². The van der Waals surface area contributed by atoms with Gasteiger partial charge in [0.15, 0.2) is 0 Å². The summed E-state index contributed by atoms with van der Waals surface area (Å²) >= 11 is 7.58. The molecule has 4 aromatic rings. The van der Waals surface area contributed by atoms with E-state index in [1.165, 1.54) is 22.2 Å². The summed E-state index contributed by atoms with van der Waals surface area (Å²) in [6, 6.07) is 16.3. The van der Waals surface area contributed by atoms with Crippen LogP contribution in [0, 0.1) is 6.92 Å². The van der Waals surface area contributed by atoms with Crippen LogP contribution in [0.2, 0.25) is 5.02 Å². The van der Waals surface area contributed by atoms with E-state index < -0.39 is 6.04 Å². The number of carbonyl (C=O) groups is 1. The number of halogens is 1. The number of fused-ring (bicyclic) bond motifs is 1. The average molecular weight is 424 g/mol. The van der Waals surface area contributed by atoms with Crippen molar-refractivity contribution >= 4 is 44.7 Å². The highest BCUT2D eigenvalue weighted by Crippen LogP contribution is 2.31. The lowest BCUT2D eigenvalue weighted by atomic mass is 10.2. The molecule has 4 rings (SSSR count). The number of nitrogens with zero attached hydrogens (tertiary/aromatic N) is 2. The number of hydrogen-bond acceptors (Lipinski definition) is 4. The summed E-state index contributed by atoms with van der Waals surface area (Å²) in [6.07, 6.45) is 1.44. The van der Waals surface area contributed by atoms with Crippen molar-refractivity contribution in [1.82, 2.24) is 9.55 Å². The summed E-state index contributed by atoms with van der Waals surface area (Å²) in [5.74, 6) is -0.308. The Balaban J connectivity index is 1.66. The second-order valence-electron chi connectivity index (χ2n) is 6.73. The number of carbonyl (C=O) groups excluding carboxylic acids is 1. The maximum absolute atomic E-state index is 13.0. The van der Waals surface area contributed by atoms with E-state index in [2.05, 4.69) is 10.3 Å². The monoisotopic (exact) mass is 423 g/mol. The molecule has 2 aromatic heterocycles. The van der Waals surface area contributed by atoms with Crippen LogP contribution in [0.15, 0.2) is 65.7 Å². The summed E-state index contributed by atoms with van der Waals surface area (Å²) in [7, 11) is 0. The molecule has 1 amide bonds. The van der Waals surface area contributed by atoms with E-state index in [-0.39, 0.29) is 11.5 Å². The Kier molecular flexibility index (Phi) is 5.22. The largest absolute Gasteiger partial charge is 0.324 e. The van der Waals surface area contributed by atoms with Crippen LogP contribution < -0.4 is 10.9 Å². The number of nitrogens with one attached hydrogen (secondary N) is 1. The van der Waals surface area contributed by atoms with Crippen LogP contribution in [0.5, 0.6) is 0 Å². The minimum atomic E-state index is -0.724. The smallest absolute Gasteiger partial charge is 0.262 e. The van der Waals surface area contributed by atoms with E-state index in [1.54, 1.807) is 25.1 Å². The first-order valence-electron chi connectivity index (χ1n) is 9.08. The number of amides is 1. The summed E-state index contributed by atoms with van der Waals surface area (Å²) in [5, 5.41) is 3.93. The second-order valence-corrected chi connectivity index (χ2v) is 8.17. The van der Waals surface area contributed by atoms with E-state index in [1.807, 2.05) is 43.3 Å². The first-order chi connectivity index (χ1) is 14.0. The first kappa shape index (κ1) is 19.4. The van der Waals surface area contributed by atoms with Gasteiger partial charge in [0.05, 0.1) is 11.7 Å². The number of thiophene rings is 1. The zero-order valence-electron chi connectivity index (χ0n) is 15.8. The molecule has 0 aliphatic rings. The van der Waals surface area contributed by atoms with Gasteiger partial charge in [-0.15, -0.1) is 11.3 Å². The highest BCUT2D eigenvalue weighted by atomic mass is 35.5. The van der Waals surface area contributed by atoms with E-state index in [0.717, 1.165) is 16.0 Å². The molecule has 0 saturated carbocycles. The zero-order valence-corrected chi connectivity index (χ0v) is 17.4. The van der Waals surface area contributed by atoms with Crippen LogP contribution in [-0.2, 0) is 4.79 Å². The lowest BCUT2D eigenvalue weighted by molar-refractivity contribution is -0.118. The molecule has 29 heavy (non-hydrogen) atoms. The molecular formula is C22H18ClN3O2S. The van der Waals surface area contributed by atoms with Crippen LogP contribution in [0.1, 0.15) is 18.5 Å². The summed E-state index contributed by atoms with van der Waals surface area (Å²) < 4.78 is 1.36. The molecule has 1 N–H and O–H groups in total. The van der Waals surface area contributed by atoms with Crippen LogP contribution in [0.25, 0.3) is 20.7 Å². The van der Waals surface area contributed by atoms with Gasteiger partial charge in [0.2, 0.25) is 5.91 Å². The van der Waals surface area contributed by atoms with E-state index in [4.69, 9.17) is 11.6 Å². The van der Waals surface area contributed by atoms with E-state index in [9.17, 15) is 9.59 Å². The molecule has 0 saturated heterocycles. The Labute approximate surface area is 176 Å². The van der Waals surface area contributed by atoms with Crippen molar-refractivity contribution in [3.05, 3.63) is 81.9 Å². The molecule has 0 spiro atoms. The molecule has 146 valence electrons. The number of anilines is 1. The Hall–Kier alpha value is -2.96. The number of aromatic nitrogens is 2. The molecule has 0 unspecified atom stereocenters. The van der Waals surface area contributed by atoms with Gasteiger partial charge in [0.1, 0.15) is 10.9 Å². The highest BCUT2D eigenvalue weighted by Gasteiger charge is 2.20. The molecule has 2 heterocycles. The molecule has 0 fully saturated rings. The maximum atomic E-state index is 13.0. The van der Waals surface area contributed by atoms with Gasteiger partial charge in [-0.05, 0) is 43.2 Å². The molecule has 0 radical (unpaired) electrons. The fraction of sp³-hybridized carbons (Fsp3) is 0.136. The third-order valence-electron chi connectivity index (χ3n) is 4.86. The van der Waals surface area contributed by atoms with Crippen molar-refractivity contribution < 1.29 is 4.79 Å². The molecule has 1 atom stereocenters. The van der Waals surface area contributed by atoms with Gasteiger partial charge in [-0.25, -0.2) is 4.98 Å². The minimum absolute atomic E-state index is 0.237. The summed E-state index contributed by atoms with van der Waals surface area (Å²) in [6.45, 7) is 3.51. The predicted octanol–water partition coefficient (Wildman–Crippen LogP) is 5.29. The first-order valence-corrected chi connectivity index (χ1v) is 10.3. The topological polar surface area (TPSA) is 64.0 Å². The molecular weight excluding hydrogens is 406 g/mol. The predicted molar refractivity (Wildman–Crippen MR) is 119 cm³/mol. The second kappa shape index (κ2) is 7.81. The molecule has 7 heteroatoms. The van der Waals surface area contributed by atoms with Crippen molar-refractivity contribution in [2.45, 2.75) is 19.9 Å². The normalized spacial score (nSPS) is 12.1. The quantitative estimate of drug-likeness (QED) is 0.485. The lowest BCUT2D eigenvalue weighted by Gasteiger charge is -2.16. The number of hydrogen-bond donors (Lipinski definition) is 1. The van der Waals surface area contributed by atoms with Gasteiger partial charge in [-0.1, -0.05) is 48.0 Å². The highest BCUT2D eigenvalue weighted by molar-refractivity contribution is 7.21. The van der Waals surface area contributed by atoms with Crippen LogP contribution in [0.4, 0.5) is 5.69 Å². The third-order valence-corrected chi connectivity index (χ3v) is 6.36. The van der Waals surface area contributed by atoms with Crippen molar-refractivity contribution in [3.8, 4) is 10.4 Å². The van der Waals surface area contributed by atoms with Gasteiger partial charge in [0, 0.05) is 15.6 Å². The molecule has 0 aliphatic carbocycles. The SMILES string of the molecule is Cc1c(Cl)cccc1NC(=O)[C@@H](C)n1cnc2sc(-c3ccccc3)cc2c1=O. The van der Waals surface area contributed by atoms with Gasteiger partial charge < -0.3 is 5.32 Å². The van der Waals surface area contributed by atoms with Gasteiger partial charge >= 0.3 is 0 Å². The average Bonchev–Trinajstić information content (AvgIpc) is 3.17. The molecule has 0 bridgehead atoms. The fourth-order valence-corrected chi connectivity index (χ4v) is 4.23. The standard InChI is InChI=1S/C22H18ClN3O2S/c1-13-17(23)9-6-10-18(13)25-20(27)14(2)26-12-24-21-16(22(26)28)11-19(29-21)15-7-4-3-5-8-15/h3-12,14H,1-2H3,(H,25,27)/t14-/m1/s1. The molecule has 0 aliphatic heterocycles. The summed E-state index contributed by atoms with van der Waals surface area (Å²) in [5.41, 5.74) is 2.20. The maximum Gasteiger partial charge on any atom is 0.262 e. The molecule has 2 aromatic carbocycles. The molecule has 5 nitrogen and oxygen atoms in total. The number of rotatable bonds is 4. The Morgan fingerprint density at radius 3 is 2.69 bits per heavy atom. The number of benzene rings is 2. The fourth-order valence-electron chi connectivity index (χ4n) is 3.06. The van der Waals surface area contributed by atoms with Gasteiger partial charge in [-0.3, -0.25) is 14.2 Å². The lowest BCUT2D eigenvalue weighted by Crippen LogP contribution is -2.31. The van der Waals surface area contributed by atoms with Crippen LogP contribution in [-0.4, -0.2) is 15.5 Å². The Bertz CT molecular complexity index is 1260. The van der Waals surface area contributed by atoms with Crippen molar-refractivity contribution in [3.63, 3.8) is 0 Å². The van der Waals surface area contributed by atoms with E-state index >= 15 is 0 Å². The van der Waals surface area contributed by atoms with Gasteiger partial charge in [-0.2, -0.15) is 0 Å². The van der Waals surface area contributed by atoms with Crippen molar-refractivity contribution in [2.24, 2.45) is 0 Å². The summed E-state index contributed by atoms with van der Waals surface area (Å²) in [4.78, 5) is 31.8. The minimum Gasteiger partial charge on any atom is -0.324 e. The van der Waals surface area contributed by atoms with Crippen molar-refractivity contribution in [2.75, 3.05) is 5.32 Å². The van der Waals surface area contributed by atoms with Crippen LogP contribution in [0.3, 0.4) is 0 Å². The van der Waals surface area contributed by atoms with Crippen LogP contribution >= 0.6 is 22.9 Å². The van der Waals surface area contributed by atoms with Crippen molar-refractivity contribution in [1.29, 1.82) is 0 Å². The zero-order chi connectivity index (χ0) is 20.5. The Morgan fingerprint density at radius 2 is 1.93 bits per heavy atom. The van der Waals surface area contributed by atoms with E-state index in [0.29, 0.717) is 20.9 Å².